The number of carbonyl (C=O) groups is 2. The zero-order valence-electron chi connectivity index (χ0n) is 12.1. The molecule has 23 heavy (non-hydrogen) atoms. The van der Waals surface area contributed by atoms with E-state index in [-0.39, 0.29) is 35.5 Å². The number of aromatic nitrogens is 1. The molecule has 1 aliphatic heterocycles. The standard InChI is InChI=1S/C18H12N2O2S/c1-2-9-3-6-12-13(7-9)23-18(19-12)20-16(21)14-10-4-5-11(8-10)15(14)17(20)22/h1,3-7,10-11,14-15H,8H2/t10?,11?,14-,15+. The molecule has 0 N–H and O–H groups in total. The number of hydrogen-bond acceptors (Lipinski definition) is 4. The van der Waals surface area contributed by atoms with Crippen molar-refractivity contribution in [3.8, 4) is 12.3 Å². The molecule has 112 valence electrons. The van der Waals surface area contributed by atoms with Crippen LogP contribution in [0.4, 0.5) is 5.13 Å². The average molecular weight is 320 g/mol. The van der Waals surface area contributed by atoms with Gasteiger partial charge in [-0.3, -0.25) is 9.59 Å². The van der Waals surface area contributed by atoms with Crippen LogP contribution in [0, 0.1) is 36.0 Å². The lowest BCUT2D eigenvalue weighted by Crippen LogP contribution is -2.32. The molecular weight excluding hydrogens is 308 g/mol. The number of benzene rings is 1. The van der Waals surface area contributed by atoms with Gasteiger partial charge in [-0.1, -0.05) is 29.4 Å². The van der Waals surface area contributed by atoms with Crippen LogP contribution in [0.3, 0.4) is 0 Å². The van der Waals surface area contributed by atoms with Gasteiger partial charge in [0, 0.05) is 5.56 Å². The van der Waals surface area contributed by atoms with E-state index in [2.05, 4.69) is 23.1 Å². The van der Waals surface area contributed by atoms with E-state index in [1.165, 1.54) is 16.2 Å². The average Bonchev–Trinajstić information content (AvgIpc) is 3.29. The second kappa shape index (κ2) is 4.30. The number of imide groups is 1. The summed E-state index contributed by atoms with van der Waals surface area (Å²) in [6.45, 7) is 0. The van der Waals surface area contributed by atoms with Crippen molar-refractivity contribution in [1.82, 2.24) is 4.98 Å². The van der Waals surface area contributed by atoms with E-state index in [1.807, 2.05) is 18.2 Å². The lowest BCUT2D eigenvalue weighted by atomic mass is 9.85. The molecule has 2 fully saturated rings. The molecule has 2 aliphatic carbocycles. The fourth-order valence-electron chi connectivity index (χ4n) is 4.19. The van der Waals surface area contributed by atoms with Crippen molar-refractivity contribution < 1.29 is 9.59 Å². The van der Waals surface area contributed by atoms with Crippen molar-refractivity contribution in [3.05, 3.63) is 35.9 Å². The molecule has 0 radical (unpaired) electrons. The number of carbonyl (C=O) groups excluding carboxylic acids is 2. The number of anilines is 1. The van der Waals surface area contributed by atoms with Crippen LogP contribution in [-0.2, 0) is 9.59 Å². The van der Waals surface area contributed by atoms with Crippen LogP contribution in [0.2, 0.25) is 0 Å². The van der Waals surface area contributed by atoms with Gasteiger partial charge in [0.15, 0.2) is 5.13 Å². The molecule has 1 aromatic carbocycles. The van der Waals surface area contributed by atoms with Gasteiger partial charge in [0.1, 0.15) is 0 Å². The number of fused-ring (bicyclic) bond motifs is 6. The Balaban J connectivity index is 1.59. The predicted octanol–water partition coefficient (Wildman–Crippen LogP) is 2.59. The molecule has 2 amide bonds. The van der Waals surface area contributed by atoms with Crippen molar-refractivity contribution in [1.29, 1.82) is 0 Å². The fraction of sp³-hybridized carbons (Fsp3) is 0.278. The van der Waals surface area contributed by atoms with E-state index >= 15 is 0 Å². The van der Waals surface area contributed by atoms with E-state index in [1.54, 1.807) is 0 Å². The Morgan fingerprint density at radius 3 is 2.52 bits per heavy atom. The molecule has 2 unspecified atom stereocenters. The third kappa shape index (κ3) is 1.59. The Kier molecular flexibility index (Phi) is 2.44. The van der Waals surface area contributed by atoms with Crippen LogP contribution in [0.25, 0.3) is 10.2 Å². The summed E-state index contributed by atoms with van der Waals surface area (Å²) < 4.78 is 0.897. The van der Waals surface area contributed by atoms with Gasteiger partial charge in [-0.25, -0.2) is 9.88 Å². The maximum atomic E-state index is 12.8. The van der Waals surface area contributed by atoms with Gasteiger partial charge >= 0.3 is 0 Å². The molecular formula is C18H12N2O2S. The highest BCUT2D eigenvalue weighted by Gasteiger charge is 2.60. The van der Waals surface area contributed by atoms with Gasteiger partial charge in [0.2, 0.25) is 11.8 Å². The first-order chi connectivity index (χ1) is 11.2. The number of rotatable bonds is 1. The quantitative estimate of drug-likeness (QED) is 0.461. The molecule has 2 aromatic rings. The number of terminal acetylenes is 1. The second-order valence-corrected chi connectivity index (χ2v) is 7.34. The van der Waals surface area contributed by atoms with E-state index in [0.717, 1.165) is 22.2 Å². The summed E-state index contributed by atoms with van der Waals surface area (Å²) in [4.78, 5) is 31.4. The molecule has 0 spiro atoms. The van der Waals surface area contributed by atoms with Crippen LogP contribution in [0.1, 0.15) is 12.0 Å². The highest BCUT2D eigenvalue weighted by molar-refractivity contribution is 7.22. The monoisotopic (exact) mass is 320 g/mol. The van der Waals surface area contributed by atoms with Crippen molar-refractivity contribution in [2.75, 3.05) is 4.90 Å². The van der Waals surface area contributed by atoms with Crippen molar-refractivity contribution in [2.24, 2.45) is 23.7 Å². The minimum absolute atomic E-state index is 0.0897. The van der Waals surface area contributed by atoms with Gasteiger partial charge in [0.25, 0.3) is 0 Å². The molecule has 2 heterocycles. The maximum Gasteiger partial charge on any atom is 0.240 e. The Bertz CT molecular complexity index is 922. The largest absolute Gasteiger partial charge is 0.274 e. The van der Waals surface area contributed by atoms with E-state index < -0.39 is 0 Å². The SMILES string of the molecule is C#Cc1ccc2nc(N3C(=O)[C@@H]4C5C=CC(C5)[C@@H]4C3=O)sc2c1. The smallest absolute Gasteiger partial charge is 0.240 e. The summed E-state index contributed by atoms with van der Waals surface area (Å²) in [7, 11) is 0. The topological polar surface area (TPSA) is 50.3 Å². The molecule has 5 rings (SSSR count). The summed E-state index contributed by atoms with van der Waals surface area (Å²) in [6, 6.07) is 5.52. The van der Waals surface area contributed by atoms with Gasteiger partial charge in [-0.15, -0.1) is 6.42 Å². The molecule has 1 saturated heterocycles. The highest BCUT2D eigenvalue weighted by Crippen LogP contribution is 2.53. The molecule has 1 saturated carbocycles. The van der Waals surface area contributed by atoms with Crippen LogP contribution >= 0.6 is 11.3 Å². The Morgan fingerprint density at radius 2 is 1.87 bits per heavy atom. The Hall–Kier alpha value is -2.45. The lowest BCUT2D eigenvalue weighted by molar-refractivity contribution is -0.123. The summed E-state index contributed by atoms with van der Waals surface area (Å²) in [5.74, 6) is 2.47. The molecule has 3 aliphatic rings. The highest BCUT2D eigenvalue weighted by atomic mass is 32.1. The fourth-order valence-corrected chi connectivity index (χ4v) is 5.20. The van der Waals surface area contributed by atoms with Gasteiger partial charge < -0.3 is 0 Å². The molecule has 5 heteroatoms. The number of allylic oxidation sites excluding steroid dienone is 2. The zero-order valence-corrected chi connectivity index (χ0v) is 12.9. The summed E-state index contributed by atoms with van der Waals surface area (Å²) in [5.41, 5.74) is 1.54. The molecule has 4 atom stereocenters. The summed E-state index contributed by atoms with van der Waals surface area (Å²) >= 11 is 1.35. The minimum Gasteiger partial charge on any atom is -0.274 e. The Morgan fingerprint density at radius 1 is 1.17 bits per heavy atom. The second-order valence-electron chi connectivity index (χ2n) is 6.34. The van der Waals surface area contributed by atoms with E-state index in [4.69, 9.17) is 6.42 Å². The zero-order chi connectivity index (χ0) is 15.7. The number of nitrogens with zero attached hydrogens (tertiary/aromatic N) is 2. The first-order valence-corrected chi connectivity index (χ1v) is 8.42. The van der Waals surface area contributed by atoms with Gasteiger partial charge in [0.05, 0.1) is 22.1 Å². The van der Waals surface area contributed by atoms with E-state index in [9.17, 15) is 9.59 Å². The van der Waals surface area contributed by atoms with E-state index in [0.29, 0.717) is 5.13 Å². The molecule has 4 nitrogen and oxygen atoms in total. The first-order valence-electron chi connectivity index (χ1n) is 7.61. The van der Waals surface area contributed by atoms with Crippen LogP contribution in [-0.4, -0.2) is 16.8 Å². The van der Waals surface area contributed by atoms with Crippen molar-refractivity contribution >= 4 is 38.5 Å². The number of amides is 2. The van der Waals surface area contributed by atoms with Crippen LogP contribution < -0.4 is 4.90 Å². The summed E-state index contributed by atoms with van der Waals surface area (Å²) in [5, 5.41) is 0.470. The number of thiazole rings is 1. The van der Waals surface area contributed by atoms with Crippen LogP contribution in [0.15, 0.2) is 30.4 Å². The van der Waals surface area contributed by atoms with Gasteiger partial charge in [-0.05, 0) is 36.5 Å². The normalized spacial score (nSPS) is 31.2. The third-order valence-corrected chi connectivity index (χ3v) is 6.21. The van der Waals surface area contributed by atoms with Crippen LogP contribution in [0.5, 0.6) is 0 Å². The lowest BCUT2D eigenvalue weighted by Gasteiger charge is -2.14. The first kappa shape index (κ1) is 13.0. The molecule has 2 bridgehead atoms. The molecule has 1 aromatic heterocycles. The van der Waals surface area contributed by atoms with Crippen molar-refractivity contribution in [3.63, 3.8) is 0 Å². The van der Waals surface area contributed by atoms with Gasteiger partial charge in [-0.2, -0.15) is 0 Å². The predicted molar refractivity (Wildman–Crippen MR) is 87.8 cm³/mol. The Labute approximate surface area is 136 Å². The van der Waals surface area contributed by atoms with Crippen molar-refractivity contribution in [2.45, 2.75) is 6.42 Å². The maximum absolute atomic E-state index is 12.8. The minimum atomic E-state index is -0.189. The number of hydrogen-bond donors (Lipinski definition) is 0. The third-order valence-electron chi connectivity index (χ3n) is 5.21. The summed E-state index contributed by atoms with van der Waals surface area (Å²) in [6.07, 6.45) is 10.5.